The molecule has 2 heteroatoms. The molecule has 0 amide bonds. The average molecular weight is 226 g/mol. The van der Waals surface area contributed by atoms with Gasteiger partial charge in [-0.25, -0.2) is 0 Å². The summed E-state index contributed by atoms with van der Waals surface area (Å²) in [5, 5.41) is 0. The quantitative estimate of drug-likeness (QED) is 0.616. The maximum atomic E-state index is 2.72. The highest BCUT2D eigenvalue weighted by Crippen LogP contribution is 2.15. The number of hydrogen-bond donors (Lipinski definition) is 0. The SMILES string of the molecule is CCCCCC(CC)N1CCN(CC)CC1. The van der Waals surface area contributed by atoms with Gasteiger partial charge in [-0.3, -0.25) is 4.90 Å². The summed E-state index contributed by atoms with van der Waals surface area (Å²) in [5.74, 6) is 0. The van der Waals surface area contributed by atoms with Crippen molar-refractivity contribution in [1.82, 2.24) is 9.80 Å². The van der Waals surface area contributed by atoms with E-state index < -0.39 is 0 Å². The molecule has 1 saturated heterocycles. The van der Waals surface area contributed by atoms with Gasteiger partial charge in [0.15, 0.2) is 0 Å². The molecule has 0 aromatic heterocycles. The van der Waals surface area contributed by atoms with E-state index in [1.54, 1.807) is 0 Å². The average Bonchev–Trinajstić information content (AvgIpc) is 2.35. The standard InChI is InChI=1S/C14H30N2/c1-4-7-8-9-14(5-2)16-12-10-15(6-3)11-13-16/h14H,4-13H2,1-3H3. The van der Waals surface area contributed by atoms with E-state index >= 15 is 0 Å². The molecular formula is C14H30N2. The minimum atomic E-state index is 0.852. The van der Waals surface area contributed by atoms with Crippen LogP contribution in [0.2, 0.25) is 0 Å². The van der Waals surface area contributed by atoms with Crippen LogP contribution in [0, 0.1) is 0 Å². The number of rotatable bonds is 7. The van der Waals surface area contributed by atoms with Crippen LogP contribution in [0.5, 0.6) is 0 Å². The molecule has 0 spiro atoms. The molecule has 16 heavy (non-hydrogen) atoms. The lowest BCUT2D eigenvalue weighted by atomic mass is 10.0. The fourth-order valence-corrected chi connectivity index (χ4v) is 2.72. The summed E-state index contributed by atoms with van der Waals surface area (Å²) in [7, 11) is 0. The van der Waals surface area contributed by atoms with Gasteiger partial charge in [0.05, 0.1) is 0 Å². The van der Waals surface area contributed by atoms with Crippen molar-refractivity contribution in [3.8, 4) is 0 Å². The first kappa shape index (κ1) is 14.0. The molecule has 0 N–H and O–H groups in total. The Kier molecular flexibility index (Phi) is 7.06. The Morgan fingerprint density at radius 3 is 2.12 bits per heavy atom. The number of likely N-dealkylation sites (N-methyl/N-ethyl adjacent to an activating group) is 1. The molecule has 1 heterocycles. The Balaban J connectivity index is 2.25. The van der Waals surface area contributed by atoms with Crippen molar-refractivity contribution in [1.29, 1.82) is 0 Å². The fraction of sp³-hybridized carbons (Fsp3) is 1.00. The zero-order chi connectivity index (χ0) is 11.8. The summed E-state index contributed by atoms with van der Waals surface area (Å²) >= 11 is 0. The Hall–Kier alpha value is -0.0800. The van der Waals surface area contributed by atoms with E-state index in [4.69, 9.17) is 0 Å². The maximum absolute atomic E-state index is 2.72. The molecule has 96 valence electrons. The lowest BCUT2D eigenvalue weighted by Gasteiger charge is -2.38. The highest BCUT2D eigenvalue weighted by molar-refractivity contribution is 4.77. The third-order valence-electron chi connectivity index (χ3n) is 3.98. The molecule has 0 saturated carbocycles. The van der Waals surface area contributed by atoms with Crippen molar-refractivity contribution in [2.24, 2.45) is 0 Å². The molecule has 1 unspecified atom stereocenters. The van der Waals surface area contributed by atoms with Crippen LogP contribution in [0.15, 0.2) is 0 Å². The van der Waals surface area contributed by atoms with Crippen molar-refractivity contribution in [3.05, 3.63) is 0 Å². The fourth-order valence-electron chi connectivity index (χ4n) is 2.72. The first-order valence-corrected chi connectivity index (χ1v) is 7.28. The summed E-state index contributed by atoms with van der Waals surface area (Å²) in [6.45, 7) is 13.3. The van der Waals surface area contributed by atoms with Crippen molar-refractivity contribution in [3.63, 3.8) is 0 Å². The molecule has 1 fully saturated rings. The largest absolute Gasteiger partial charge is 0.301 e. The van der Waals surface area contributed by atoms with E-state index in [-0.39, 0.29) is 0 Å². The number of unbranched alkanes of at least 4 members (excludes halogenated alkanes) is 2. The third kappa shape index (κ3) is 4.42. The summed E-state index contributed by atoms with van der Waals surface area (Å²) < 4.78 is 0. The molecule has 1 rings (SSSR count). The van der Waals surface area contributed by atoms with Crippen LogP contribution >= 0.6 is 0 Å². The molecule has 2 nitrogen and oxygen atoms in total. The van der Waals surface area contributed by atoms with E-state index in [0.717, 1.165) is 6.04 Å². The van der Waals surface area contributed by atoms with Gasteiger partial charge in [0.25, 0.3) is 0 Å². The van der Waals surface area contributed by atoms with Crippen LogP contribution in [0.25, 0.3) is 0 Å². The Bertz CT molecular complexity index is 159. The molecule has 1 aliphatic rings. The molecule has 0 aliphatic carbocycles. The highest BCUT2D eigenvalue weighted by atomic mass is 15.3. The van der Waals surface area contributed by atoms with E-state index in [9.17, 15) is 0 Å². The van der Waals surface area contributed by atoms with Gasteiger partial charge in [0, 0.05) is 32.2 Å². The summed E-state index contributed by atoms with van der Waals surface area (Å²) in [6, 6.07) is 0.852. The van der Waals surface area contributed by atoms with Crippen molar-refractivity contribution < 1.29 is 0 Å². The zero-order valence-corrected chi connectivity index (χ0v) is 11.5. The van der Waals surface area contributed by atoms with Gasteiger partial charge in [-0.15, -0.1) is 0 Å². The van der Waals surface area contributed by atoms with Gasteiger partial charge >= 0.3 is 0 Å². The van der Waals surface area contributed by atoms with Gasteiger partial charge in [0.1, 0.15) is 0 Å². The van der Waals surface area contributed by atoms with Gasteiger partial charge in [-0.05, 0) is 19.4 Å². The second-order valence-corrected chi connectivity index (χ2v) is 5.03. The Labute approximate surface area is 102 Å². The molecular weight excluding hydrogens is 196 g/mol. The van der Waals surface area contributed by atoms with Crippen molar-refractivity contribution in [2.75, 3.05) is 32.7 Å². The monoisotopic (exact) mass is 226 g/mol. The minimum Gasteiger partial charge on any atom is -0.301 e. The van der Waals surface area contributed by atoms with Crippen LogP contribution in [0.3, 0.4) is 0 Å². The second-order valence-electron chi connectivity index (χ2n) is 5.03. The molecule has 0 aromatic rings. The van der Waals surface area contributed by atoms with E-state index in [0.29, 0.717) is 0 Å². The van der Waals surface area contributed by atoms with E-state index in [2.05, 4.69) is 30.6 Å². The summed E-state index contributed by atoms with van der Waals surface area (Å²) in [4.78, 5) is 5.29. The van der Waals surface area contributed by atoms with Crippen molar-refractivity contribution in [2.45, 2.75) is 58.9 Å². The van der Waals surface area contributed by atoms with Gasteiger partial charge in [0.2, 0.25) is 0 Å². The van der Waals surface area contributed by atoms with E-state index in [1.165, 1.54) is 64.8 Å². The first-order chi connectivity index (χ1) is 7.81. The number of piperazine rings is 1. The lowest BCUT2D eigenvalue weighted by Crippen LogP contribution is -2.50. The molecule has 0 bridgehead atoms. The zero-order valence-electron chi connectivity index (χ0n) is 11.5. The lowest BCUT2D eigenvalue weighted by molar-refractivity contribution is 0.0920. The van der Waals surface area contributed by atoms with Crippen LogP contribution < -0.4 is 0 Å². The molecule has 0 radical (unpaired) electrons. The molecule has 1 aliphatic heterocycles. The Morgan fingerprint density at radius 1 is 0.938 bits per heavy atom. The number of nitrogens with zero attached hydrogens (tertiary/aromatic N) is 2. The van der Waals surface area contributed by atoms with Crippen molar-refractivity contribution >= 4 is 0 Å². The topological polar surface area (TPSA) is 6.48 Å². The summed E-state index contributed by atoms with van der Waals surface area (Å²) in [6.07, 6.45) is 6.92. The van der Waals surface area contributed by atoms with Crippen LogP contribution in [0.4, 0.5) is 0 Å². The van der Waals surface area contributed by atoms with Gasteiger partial charge in [-0.2, -0.15) is 0 Å². The highest BCUT2D eigenvalue weighted by Gasteiger charge is 2.21. The normalized spacial score (nSPS) is 21.2. The predicted molar refractivity (Wildman–Crippen MR) is 71.9 cm³/mol. The smallest absolute Gasteiger partial charge is 0.0113 e. The van der Waals surface area contributed by atoms with E-state index in [1.807, 2.05) is 0 Å². The Morgan fingerprint density at radius 2 is 1.62 bits per heavy atom. The molecule has 0 aromatic carbocycles. The number of hydrogen-bond acceptors (Lipinski definition) is 2. The van der Waals surface area contributed by atoms with Crippen LogP contribution in [-0.4, -0.2) is 48.6 Å². The maximum Gasteiger partial charge on any atom is 0.0113 e. The first-order valence-electron chi connectivity index (χ1n) is 7.28. The van der Waals surface area contributed by atoms with Crippen LogP contribution in [-0.2, 0) is 0 Å². The predicted octanol–water partition coefficient (Wildman–Crippen LogP) is 2.98. The second kappa shape index (κ2) is 8.08. The minimum absolute atomic E-state index is 0.852. The van der Waals surface area contributed by atoms with Gasteiger partial charge in [-0.1, -0.05) is 40.0 Å². The van der Waals surface area contributed by atoms with Gasteiger partial charge < -0.3 is 4.90 Å². The third-order valence-corrected chi connectivity index (χ3v) is 3.98. The van der Waals surface area contributed by atoms with Crippen LogP contribution in [0.1, 0.15) is 52.9 Å². The summed E-state index contributed by atoms with van der Waals surface area (Å²) in [5.41, 5.74) is 0. The molecule has 1 atom stereocenters.